The molecule has 0 saturated carbocycles. The van der Waals surface area contributed by atoms with Crippen molar-refractivity contribution in [2.45, 2.75) is 110 Å². The number of alkyl carbamates (subject to hydrolysis) is 1. The molecule has 282 valence electrons. The highest BCUT2D eigenvalue weighted by Gasteiger charge is 2.52. The van der Waals surface area contributed by atoms with Crippen molar-refractivity contribution in [2.24, 2.45) is 0 Å². The molecule has 1 aliphatic heterocycles. The first-order valence-electron chi connectivity index (χ1n) is 15.8. The minimum atomic E-state index is -1.63. The van der Waals surface area contributed by atoms with Crippen molar-refractivity contribution in [1.82, 2.24) is 16.0 Å². The maximum Gasteiger partial charge on any atom is 0.408 e. The van der Waals surface area contributed by atoms with Crippen LogP contribution in [0.5, 0.6) is 0 Å². The van der Waals surface area contributed by atoms with Crippen LogP contribution in [-0.4, -0.2) is 110 Å². The molecule has 3 amide bonds. The average Bonchev–Trinajstić information content (AvgIpc) is 3.00. The Bertz CT molecular complexity index is 1430. The predicted octanol–water partition coefficient (Wildman–Crippen LogP) is 0.370. The van der Waals surface area contributed by atoms with Crippen LogP contribution >= 0.6 is 0 Å². The van der Waals surface area contributed by atoms with Gasteiger partial charge in [-0.15, -0.1) is 0 Å². The highest BCUT2D eigenvalue weighted by atomic mass is 16.7. The van der Waals surface area contributed by atoms with Gasteiger partial charge in [-0.25, -0.2) is 9.59 Å². The molecule has 3 N–H and O–H groups in total. The number of nitrogens with one attached hydrogen (secondary N) is 3. The van der Waals surface area contributed by atoms with Crippen molar-refractivity contribution in [1.29, 1.82) is 0 Å². The van der Waals surface area contributed by atoms with E-state index in [0.29, 0.717) is 5.56 Å². The van der Waals surface area contributed by atoms with E-state index < -0.39 is 109 Å². The minimum Gasteiger partial charge on any atom is -0.467 e. The number of esters is 5. The van der Waals surface area contributed by atoms with Gasteiger partial charge in [-0.05, 0) is 26.3 Å². The molecular weight excluding hydrogens is 678 g/mol. The Morgan fingerprint density at radius 3 is 1.86 bits per heavy atom. The summed E-state index contributed by atoms with van der Waals surface area (Å²) in [6.07, 6.45) is -9.33. The number of rotatable bonds is 14. The molecule has 18 heteroatoms. The van der Waals surface area contributed by atoms with Crippen LogP contribution in [0.15, 0.2) is 30.3 Å². The summed E-state index contributed by atoms with van der Waals surface area (Å²) >= 11 is 0. The number of ether oxygens (including phenoxy) is 7. The third-order valence-electron chi connectivity index (χ3n) is 6.78. The lowest BCUT2D eigenvalue weighted by atomic mass is 9.97. The molecule has 1 aromatic rings. The zero-order chi connectivity index (χ0) is 38.5. The van der Waals surface area contributed by atoms with E-state index in [2.05, 4.69) is 16.0 Å². The Balaban J connectivity index is 2.38. The Labute approximate surface area is 294 Å². The lowest BCUT2D eigenvalue weighted by Gasteiger charge is -2.44. The molecule has 2 rings (SSSR count). The van der Waals surface area contributed by atoms with E-state index in [1.165, 1.54) is 0 Å². The number of amides is 3. The topological polar surface area (TPSA) is 237 Å². The fourth-order valence-electron chi connectivity index (χ4n) is 4.86. The van der Waals surface area contributed by atoms with Gasteiger partial charge in [0.1, 0.15) is 30.4 Å². The van der Waals surface area contributed by atoms with Crippen LogP contribution in [0.25, 0.3) is 0 Å². The van der Waals surface area contributed by atoms with Gasteiger partial charge in [0.25, 0.3) is 0 Å². The SMILES string of the molecule is COC(=O)[C@H](CC(=O)N[C@H]1O[C@H](COC(C)=O)[C@@H](OC(C)=O)[C@H](OC(C)=O)[C@H]1OC(C)=O)NC(=O)[C@H](Cc1ccccc1)NC(=O)OC(C)(C)C. The van der Waals surface area contributed by atoms with Gasteiger partial charge in [0, 0.05) is 34.1 Å². The predicted molar refractivity (Wildman–Crippen MR) is 172 cm³/mol. The van der Waals surface area contributed by atoms with Crippen LogP contribution < -0.4 is 16.0 Å². The summed E-state index contributed by atoms with van der Waals surface area (Å²) in [5.74, 6) is -6.23. The van der Waals surface area contributed by atoms with Gasteiger partial charge in [-0.1, -0.05) is 30.3 Å². The number of carbonyl (C=O) groups is 8. The molecule has 18 nitrogen and oxygen atoms in total. The first kappa shape index (κ1) is 41.9. The zero-order valence-electron chi connectivity index (χ0n) is 29.7. The third-order valence-corrected chi connectivity index (χ3v) is 6.78. The van der Waals surface area contributed by atoms with Crippen molar-refractivity contribution < 1.29 is 71.5 Å². The molecule has 0 aromatic heterocycles. The normalized spacial score (nSPS) is 21.0. The maximum atomic E-state index is 13.5. The second-order valence-corrected chi connectivity index (χ2v) is 12.4. The molecule has 7 atom stereocenters. The highest BCUT2D eigenvalue weighted by molar-refractivity contribution is 5.92. The molecule has 0 bridgehead atoms. The Kier molecular flexibility index (Phi) is 15.8. The minimum absolute atomic E-state index is 0.0171. The van der Waals surface area contributed by atoms with Gasteiger partial charge in [0.05, 0.1) is 13.5 Å². The molecule has 1 heterocycles. The number of hydrogen-bond donors (Lipinski definition) is 3. The fourth-order valence-corrected chi connectivity index (χ4v) is 4.86. The number of methoxy groups -OCH3 is 1. The first-order valence-corrected chi connectivity index (χ1v) is 15.8. The summed E-state index contributed by atoms with van der Waals surface area (Å²) in [7, 11) is 1.03. The van der Waals surface area contributed by atoms with Gasteiger partial charge >= 0.3 is 35.9 Å². The molecule has 0 unspecified atom stereocenters. The van der Waals surface area contributed by atoms with Crippen LogP contribution in [-0.2, 0) is 73.1 Å². The molecular formula is C33H45N3O15. The van der Waals surface area contributed by atoms with E-state index in [1.807, 2.05) is 0 Å². The molecule has 51 heavy (non-hydrogen) atoms. The van der Waals surface area contributed by atoms with Crippen LogP contribution in [0.2, 0.25) is 0 Å². The van der Waals surface area contributed by atoms with E-state index in [-0.39, 0.29) is 6.42 Å². The van der Waals surface area contributed by atoms with E-state index in [0.717, 1.165) is 34.8 Å². The Morgan fingerprint density at radius 2 is 1.33 bits per heavy atom. The second kappa shape index (κ2) is 19.2. The van der Waals surface area contributed by atoms with Crippen LogP contribution in [0, 0.1) is 0 Å². The Hall–Kier alpha value is -5.26. The zero-order valence-corrected chi connectivity index (χ0v) is 29.7. The summed E-state index contributed by atoms with van der Waals surface area (Å²) in [5.41, 5.74) is -0.232. The molecule has 1 aromatic carbocycles. The van der Waals surface area contributed by atoms with E-state index in [1.54, 1.807) is 51.1 Å². The molecule has 0 aliphatic carbocycles. The first-order chi connectivity index (χ1) is 23.8. The molecule has 1 aliphatic rings. The van der Waals surface area contributed by atoms with Gasteiger partial charge in [0.15, 0.2) is 24.5 Å². The standard InChI is InChI=1S/C33H45N3O15/c1-17(37)46-16-24-26(47-18(2)38)27(48-19(3)39)28(49-20(4)40)30(50-24)36-25(41)15-23(31(43)45-8)34-29(42)22(14-21-12-10-9-11-13-21)35-32(44)51-33(5,6)7/h9-13,22-24,26-28,30H,14-16H2,1-8H3,(H,34,42)(H,35,44)(H,36,41)/t22-,23-,24+,26+,27-,28+,30-/m0/s1. The summed E-state index contributed by atoms with van der Waals surface area (Å²) in [5, 5.41) is 7.32. The summed E-state index contributed by atoms with van der Waals surface area (Å²) in [6, 6.07) is 5.77. The van der Waals surface area contributed by atoms with Gasteiger partial charge < -0.3 is 49.1 Å². The van der Waals surface area contributed by atoms with Crippen LogP contribution in [0.3, 0.4) is 0 Å². The van der Waals surface area contributed by atoms with Gasteiger partial charge in [-0.3, -0.25) is 28.8 Å². The molecule has 0 radical (unpaired) electrons. The molecule has 1 fully saturated rings. The summed E-state index contributed by atoms with van der Waals surface area (Å²) in [4.78, 5) is 100. The maximum absolute atomic E-state index is 13.5. The van der Waals surface area contributed by atoms with Crippen molar-refractivity contribution in [2.75, 3.05) is 13.7 Å². The van der Waals surface area contributed by atoms with Crippen LogP contribution in [0.4, 0.5) is 4.79 Å². The quantitative estimate of drug-likeness (QED) is 0.174. The summed E-state index contributed by atoms with van der Waals surface area (Å²) < 4.78 is 37.0. The monoisotopic (exact) mass is 723 g/mol. The van der Waals surface area contributed by atoms with E-state index in [4.69, 9.17) is 33.2 Å². The second-order valence-electron chi connectivity index (χ2n) is 12.4. The molecule has 1 saturated heterocycles. The smallest absolute Gasteiger partial charge is 0.408 e. The van der Waals surface area contributed by atoms with Crippen molar-refractivity contribution >= 4 is 47.8 Å². The lowest BCUT2D eigenvalue weighted by molar-refractivity contribution is -0.257. The number of benzene rings is 1. The Morgan fingerprint density at radius 1 is 0.765 bits per heavy atom. The molecule has 0 spiro atoms. The van der Waals surface area contributed by atoms with Crippen molar-refractivity contribution in [3.05, 3.63) is 35.9 Å². The van der Waals surface area contributed by atoms with Gasteiger partial charge in [0.2, 0.25) is 11.8 Å². The van der Waals surface area contributed by atoms with E-state index >= 15 is 0 Å². The van der Waals surface area contributed by atoms with Crippen LogP contribution in [0.1, 0.15) is 60.5 Å². The largest absolute Gasteiger partial charge is 0.467 e. The van der Waals surface area contributed by atoms with Gasteiger partial charge in [-0.2, -0.15) is 0 Å². The van der Waals surface area contributed by atoms with E-state index in [9.17, 15) is 38.4 Å². The lowest BCUT2D eigenvalue weighted by Crippen LogP contribution is -2.66. The summed E-state index contributed by atoms with van der Waals surface area (Å²) in [6.45, 7) is 8.57. The third kappa shape index (κ3) is 14.6. The number of hydrogen-bond acceptors (Lipinski definition) is 15. The van der Waals surface area contributed by atoms with Crippen molar-refractivity contribution in [3.63, 3.8) is 0 Å². The number of carbonyl (C=O) groups excluding carboxylic acids is 8. The highest BCUT2D eigenvalue weighted by Crippen LogP contribution is 2.28. The van der Waals surface area contributed by atoms with Crippen molar-refractivity contribution in [3.8, 4) is 0 Å². The fraction of sp³-hybridized carbons (Fsp3) is 0.576. The average molecular weight is 724 g/mol.